The molecule has 2 N–H and O–H groups in total. The topological polar surface area (TPSA) is 105 Å². The molecule has 3 aromatic rings. The number of benzene rings is 2. The number of sulfonamides is 1. The van der Waals surface area contributed by atoms with Gasteiger partial charge in [-0.15, -0.1) is 11.3 Å². The molecular weight excluding hydrogens is 498 g/mol. The molecule has 0 aliphatic carbocycles. The van der Waals surface area contributed by atoms with Gasteiger partial charge in [0.05, 0.1) is 22.5 Å². The Hall–Kier alpha value is -2.79. The average molecular weight is 530 g/mol. The van der Waals surface area contributed by atoms with E-state index in [2.05, 4.69) is 10.6 Å². The summed E-state index contributed by atoms with van der Waals surface area (Å²) < 4.78 is 34.1. The molecule has 192 valence electrons. The first kappa shape index (κ1) is 26.3. The first-order valence-electron chi connectivity index (χ1n) is 12.0. The van der Waals surface area contributed by atoms with Crippen LogP contribution in [0.1, 0.15) is 29.9 Å². The van der Waals surface area contributed by atoms with Gasteiger partial charge in [-0.3, -0.25) is 9.59 Å². The molecule has 1 fully saturated rings. The van der Waals surface area contributed by atoms with Gasteiger partial charge >= 0.3 is 0 Å². The average Bonchev–Trinajstić information content (AvgIpc) is 3.35. The fourth-order valence-corrected chi connectivity index (χ4v) is 6.55. The third kappa shape index (κ3) is 5.95. The van der Waals surface area contributed by atoms with Crippen molar-refractivity contribution in [2.45, 2.75) is 37.3 Å². The Morgan fingerprint density at radius 3 is 2.58 bits per heavy atom. The van der Waals surface area contributed by atoms with Crippen molar-refractivity contribution in [3.8, 4) is 0 Å². The standard InChI is InChI=1S/C26H31N3O5S2/c1-3-18(2)24(28-25(30)23-15-19-9-7-8-12-22(19)35-23)26(31)27-16-20-17-29(13-14-34-20)36(32,33)21-10-5-4-6-11-21/h4-12,15,18,20,24H,3,13-14,16-17H2,1-2H3,(H,27,31)(H,28,30)/t18-,20?,24-/m0/s1. The van der Waals surface area contributed by atoms with E-state index in [0.29, 0.717) is 11.3 Å². The van der Waals surface area contributed by atoms with Crippen LogP contribution in [0.3, 0.4) is 0 Å². The van der Waals surface area contributed by atoms with Crippen LogP contribution in [-0.4, -0.2) is 62.9 Å². The molecule has 2 heterocycles. The zero-order valence-electron chi connectivity index (χ0n) is 20.3. The van der Waals surface area contributed by atoms with E-state index in [0.717, 1.165) is 10.1 Å². The molecule has 0 radical (unpaired) electrons. The van der Waals surface area contributed by atoms with Crippen molar-refractivity contribution in [3.05, 3.63) is 65.5 Å². The molecule has 1 unspecified atom stereocenters. The minimum absolute atomic E-state index is 0.0921. The molecule has 1 aliphatic heterocycles. The first-order chi connectivity index (χ1) is 17.3. The molecule has 36 heavy (non-hydrogen) atoms. The summed E-state index contributed by atoms with van der Waals surface area (Å²) in [6.45, 7) is 4.66. The third-order valence-corrected chi connectivity index (χ3v) is 9.41. The van der Waals surface area contributed by atoms with Crippen LogP contribution in [0.15, 0.2) is 65.6 Å². The number of carbonyl (C=O) groups excluding carboxylic acids is 2. The predicted molar refractivity (Wildman–Crippen MR) is 140 cm³/mol. The minimum Gasteiger partial charge on any atom is -0.374 e. The molecule has 0 bridgehead atoms. The number of hydrogen-bond acceptors (Lipinski definition) is 6. The molecule has 0 spiro atoms. The SMILES string of the molecule is CC[C@H](C)[C@H](NC(=O)c1cc2ccccc2s1)C(=O)NCC1CN(S(=O)(=O)c2ccccc2)CCO1. The largest absolute Gasteiger partial charge is 0.374 e. The number of nitrogens with zero attached hydrogens (tertiary/aromatic N) is 1. The van der Waals surface area contributed by atoms with Gasteiger partial charge in [0.15, 0.2) is 0 Å². The number of morpholine rings is 1. The first-order valence-corrected chi connectivity index (χ1v) is 14.3. The molecule has 3 atom stereocenters. The van der Waals surface area contributed by atoms with E-state index in [9.17, 15) is 18.0 Å². The number of thiophene rings is 1. The van der Waals surface area contributed by atoms with Gasteiger partial charge in [0.2, 0.25) is 15.9 Å². The zero-order chi connectivity index (χ0) is 25.7. The fraction of sp³-hybridized carbons (Fsp3) is 0.385. The van der Waals surface area contributed by atoms with Crippen molar-refractivity contribution >= 4 is 43.3 Å². The van der Waals surface area contributed by atoms with Gasteiger partial charge in [0.25, 0.3) is 5.91 Å². The second-order valence-electron chi connectivity index (χ2n) is 8.90. The van der Waals surface area contributed by atoms with Crippen LogP contribution < -0.4 is 10.6 Å². The molecule has 0 saturated carbocycles. The van der Waals surface area contributed by atoms with Gasteiger partial charge in [-0.05, 0) is 35.6 Å². The molecule has 2 amide bonds. The molecule has 1 aromatic heterocycles. The maximum atomic E-state index is 13.1. The highest BCUT2D eigenvalue weighted by Gasteiger charge is 2.32. The Bertz CT molecular complexity index is 1280. The number of fused-ring (bicyclic) bond motifs is 1. The Morgan fingerprint density at radius 1 is 1.14 bits per heavy atom. The summed E-state index contributed by atoms with van der Waals surface area (Å²) in [6, 6.07) is 17.1. The molecule has 1 saturated heterocycles. The summed E-state index contributed by atoms with van der Waals surface area (Å²) in [5, 5.41) is 6.75. The number of nitrogens with one attached hydrogen (secondary N) is 2. The van der Waals surface area contributed by atoms with Gasteiger partial charge in [0, 0.05) is 24.3 Å². The van der Waals surface area contributed by atoms with Crippen molar-refractivity contribution < 1.29 is 22.7 Å². The summed E-state index contributed by atoms with van der Waals surface area (Å²) >= 11 is 1.39. The minimum atomic E-state index is -3.64. The smallest absolute Gasteiger partial charge is 0.262 e. The van der Waals surface area contributed by atoms with E-state index in [1.54, 1.807) is 30.3 Å². The van der Waals surface area contributed by atoms with Gasteiger partial charge in [0.1, 0.15) is 6.04 Å². The highest BCUT2D eigenvalue weighted by molar-refractivity contribution is 7.89. The zero-order valence-corrected chi connectivity index (χ0v) is 22.0. The second kappa shape index (κ2) is 11.5. The quantitative estimate of drug-likeness (QED) is 0.443. The number of carbonyl (C=O) groups is 2. The number of hydrogen-bond donors (Lipinski definition) is 2. The monoisotopic (exact) mass is 529 g/mol. The van der Waals surface area contributed by atoms with Crippen LogP contribution in [-0.2, 0) is 19.6 Å². The van der Waals surface area contributed by atoms with Crippen molar-refractivity contribution in [1.29, 1.82) is 0 Å². The van der Waals surface area contributed by atoms with Crippen molar-refractivity contribution in [2.75, 3.05) is 26.2 Å². The van der Waals surface area contributed by atoms with Crippen molar-refractivity contribution in [2.24, 2.45) is 5.92 Å². The third-order valence-electron chi connectivity index (χ3n) is 6.42. The van der Waals surface area contributed by atoms with Crippen LogP contribution in [0.5, 0.6) is 0 Å². The second-order valence-corrected chi connectivity index (χ2v) is 11.9. The summed E-state index contributed by atoms with van der Waals surface area (Å²) in [4.78, 5) is 26.9. The predicted octanol–water partition coefficient (Wildman–Crippen LogP) is 3.25. The molecular formula is C26H31N3O5S2. The number of rotatable bonds is 9. The van der Waals surface area contributed by atoms with E-state index in [1.807, 2.05) is 44.2 Å². The molecule has 10 heteroatoms. The van der Waals surface area contributed by atoms with Gasteiger partial charge in [-0.25, -0.2) is 8.42 Å². The van der Waals surface area contributed by atoms with Gasteiger partial charge < -0.3 is 15.4 Å². The van der Waals surface area contributed by atoms with Crippen LogP contribution in [0.4, 0.5) is 0 Å². The Labute approximate surface area is 215 Å². The lowest BCUT2D eigenvalue weighted by molar-refractivity contribution is -0.125. The maximum absolute atomic E-state index is 13.1. The van der Waals surface area contributed by atoms with Crippen molar-refractivity contribution in [1.82, 2.24) is 14.9 Å². The number of amides is 2. The molecule has 4 rings (SSSR count). The molecule has 2 aromatic carbocycles. The van der Waals surface area contributed by atoms with E-state index in [-0.39, 0.29) is 48.9 Å². The summed E-state index contributed by atoms with van der Waals surface area (Å²) in [6.07, 6.45) is 0.213. The van der Waals surface area contributed by atoms with E-state index in [1.165, 1.54) is 15.6 Å². The van der Waals surface area contributed by atoms with Crippen LogP contribution in [0.25, 0.3) is 10.1 Å². The number of ether oxygens (including phenoxy) is 1. The van der Waals surface area contributed by atoms with Crippen molar-refractivity contribution in [3.63, 3.8) is 0 Å². The van der Waals surface area contributed by atoms with Gasteiger partial charge in [-0.1, -0.05) is 56.7 Å². The normalized spacial score (nSPS) is 18.4. The van der Waals surface area contributed by atoms with E-state index < -0.39 is 22.2 Å². The fourth-order valence-electron chi connectivity index (χ4n) is 4.11. The Kier molecular flexibility index (Phi) is 8.40. The lowest BCUT2D eigenvalue weighted by Gasteiger charge is -2.32. The maximum Gasteiger partial charge on any atom is 0.262 e. The summed E-state index contributed by atoms with van der Waals surface area (Å²) in [5.74, 6) is -0.693. The highest BCUT2D eigenvalue weighted by atomic mass is 32.2. The highest BCUT2D eigenvalue weighted by Crippen LogP contribution is 2.25. The van der Waals surface area contributed by atoms with E-state index >= 15 is 0 Å². The van der Waals surface area contributed by atoms with Crippen LogP contribution >= 0.6 is 11.3 Å². The Morgan fingerprint density at radius 2 is 1.86 bits per heavy atom. The van der Waals surface area contributed by atoms with Crippen LogP contribution in [0.2, 0.25) is 0 Å². The molecule has 1 aliphatic rings. The lowest BCUT2D eigenvalue weighted by atomic mass is 9.98. The van der Waals surface area contributed by atoms with Gasteiger partial charge in [-0.2, -0.15) is 4.31 Å². The lowest BCUT2D eigenvalue weighted by Crippen LogP contribution is -2.54. The molecule has 8 nitrogen and oxygen atoms in total. The van der Waals surface area contributed by atoms with Crippen LogP contribution in [0, 0.1) is 5.92 Å². The Balaban J connectivity index is 1.38. The summed E-state index contributed by atoms with van der Waals surface area (Å²) in [7, 11) is -3.64. The van der Waals surface area contributed by atoms with E-state index in [4.69, 9.17) is 4.74 Å². The summed E-state index contributed by atoms with van der Waals surface area (Å²) in [5.41, 5.74) is 0.